The Hall–Kier alpha value is -4.26. The molecule has 2 heterocycles. The molecule has 3 atom stereocenters. The van der Waals surface area contributed by atoms with E-state index in [1.807, 2.05) is 91.0 Å². The third-order valence-electron chi connectivity index (χ3n) is 7.93. The Bertz CT molecular complexity index is 1820. The number of nitrogen functional groups attached to an aromatic ring is 1. The lowest BCUT2D eigenvalue weighted by molar-refractivity contribution is -0.173. The second-order valence-electron chi connectivity index (χ2n) is 12.8. The van der Waals surface area contributed by atoms with E-state index in [1.54, 1.807) is 26.9 Å². The van der Waals surface area contributed by atoms with E-state index in [4.69, 9.17) is 19.9 Å². The Morgan fingerprint density at radius 1 is 0.981 bits per heavy atom. The number of carbonyl (C=O) groups is 1. The minimum Gasteiger partial charge on any atom is -0.382 e. The molecule has 0 radical (unpaired) electrons. The first-order valence-electron chi connectivity index (χ1n) is 16.4. The molecule has 0 saturated carbocycles. The van der Waals surface area contributed by atoms with Gasteiger partial charge in [0.2, 0.25) is 0 Å². The van der Waals surface area contributed by atoms with E-state index in [1.165, 1.54) is 10.8 Å². The first-order chi connectivity index (χ1) is 24.8. The highest BCUT2D eigenvalue weighted by atomic mass is 33.1. The quantitative estimate of drug-likeness (QED) is 0.0538. The van der Waals surface area contributed by atoms with Crippen molar-refractivity contribution in [2.24, 2.45) is 0 Å². The van der Waals surface area contributed by atoms with Crippen LogP contribution in [0, 0.1) is 11.8 Å². The summed E-state index contributed by atoms with van der Waals surface area (Å²) in [6.45, 7) is 5.80. The van der Waals surface area contributed by atoms with Crippen molar-refractivity contribution in [2.75, 3.05) is 24.8 Å². The molecule has 1 aromatic heterocycles. The van der Waals surface area contributed by atoms with Crippen molar-refractivity contribution >= 4 is 33.3 Å². The Morgan fingerprint density at radius 3 is 2.06 bits per heavy atom. The number of alkyl halides is 3. The number of halogens is 3. The van der Waals surface area contributed by atoms with Gasteiger partial charge in [0.15, 0.2) is 0 Å². The Morgan fingerprint density at radius 2 is 1.54 bits per heavy atom. The van der Waals surface area contributed by atoms with Crippen molar-refractivity contribution in [3.05, 3.63) is 130 Å². The van der Waals surface area contributed by atoms with Crippen molar-refractivity contribution in [1.29, 1.82) is 0 Å². The van der Waals surface area contributed by atoms with Gasteiger partial charge in [0.25, 0.3) is 0 Å². The van der Waals surface area contributed by atoms with Crippen LogP contribution in [0.25, 0.3) is 0 Å². The van der Waals surface area contributed by atoms with Crippen LogP contribution in [0.2, 0.25) is 0 Å². The molecule has 4 aromatic rings. The summed E-state index contributed by atoms with van der Waals surface area (Å²) in [6, 6.07) is 29.7. The second kappa shape index (κ2) is 17.0. The van der Waals surface area contributed by atoms with Crippen molar-refractivity contribution in [2.45, 2.75) is 62.2 Å². The van der Waals surface area contributed by atoms with Gasteiger partial charge in [-0.2, -0.15) is 18.2 Å². The molecule has 1 amide bonds. The smallest absolute Gasteiger partial charge is 0.382 e. The van der Waals surface area contributed by atoms with E-state index in [2.05, 4.69) is 37.6 Å². The second-order valence-corrected chi connectivity index (χ2v) is 15.9. The van der Waals surface area contributed by atoms with Gasteiger partial charge in [-0.3, -0.25) is 9.36 Å². The predicted octanol–water partition coefficient (Wildman–Crippen LogP) is 6.67. The van der Waals surface area contributed by atoms with E-state index in [0.29, 0.717) is 5.94 Å². The molecule has 1 fully saturated rings. The number of hydrogen-bond donors (Lipinski definition) is 2. The first-order valence-corrected chi connectivity index (χ1v) is 18.7. The highest BCUT2D eigenvalue weighted by Gasteiger charge is 2.43. The zero-order valence-corrected chi connectivity index (χ0v) is 30.4. The molecule has 52 heavy (non-hydrogen) atoms. The highest BCUT2D eigenvalue weighted by molar-refractivity contribution is 8.77. The van der Waals surface area contributed by atoms with Crippen molar-refractivity contribution in [3.8, 4) is 11.8 Å². The van der Waals surface area contributed by atoms with Crippen molar-refractivity contribution in [1.82, 2.24) is 14.9 Å². The summed E-state index contributed by atoms with van der Waals surface area (Å²) < 4.78 is 58.9. The first kappa shape index (κ1) is 39.0. The van der Waals surface area contributed by atoms with Crippen LogP contribution in [-0.2, 0) is 24.6 Å². The fourth-order valence-electron chi connectivity index (χ4n) is 5.64. The average molecular weight is 753 g/mol. The molecular weight excluding hydrogens is 714 g/mol. The number of nitrogens with zero attached hydrogens (tertiary/aromatic N) is 2. The van der Waals surface area contributed by atoms with E-state index in [9.17, 15) is 22.8 Å². The Kier molecular flexibility index (Phi) is 12.8. The van der Waals surface area contributed by atoms with Gasteiger partial charge in [-0.15, -0.1) is 0 Å². The normalized spacial score (nSPS) is 17.7. The van der Waals surface area contributed by atoms with Crippen molar-refractivity contribution < 1.29 is 32.2 Å². The lowest BCUT2D eigenvalue weighted by Crippen LogP contribution is -2.38. The van der Waals surface area contributed by atoms with Crippen LogP contribution in [0.4, 0.5) is 19.0 Å². The van der Waals surface area contributed by atoms with Gasteiger partial charge in [0.05, 0.1) is 24.8 Å². The fraction of sp³-hybridized carbons (Fsp3) is 0.342. The van der Waals surface area contributed by atoms with E-state index in [0.717, 1.165) is 16.7 Å². The summed E-state index contributed by atoms with van der Waals surface area (Å²) in [5.41, 5.74) is 7.01. The fourth-order valence-corrected chi connectivity index (χ4v) is 7.64. The highest BCUT2D eigenvalue weighted by Crippen LogP contribution is 2.42. The summed E-state index contributed by atoms with van der Waals surface area (Å²) >= 11 is 0. The summed E-state index contributed by atoms with van der Waals surface area (Å²) in [5.74, 6) is 3.03. The SMILES string of the molecule is CC(C)(C)SSCO[C@H]1C[C@H](n2cc(C#CCNC(=O)C(F)(F)F)c(N)nc2=O)O[C@@H]1COC(c1ccccc1)(c1ccccc1)c1ccccc1. The number of rotatable bonds is 12. The van der Waals surface area contributed by atoms with Gasteiger partial charge in [-0.1, -0.05) is 145 Å². The molecule has 5 rings (SSSR count). The lowest BCUT2D eigenvalue weighted by atomic mass is 9.80. The predicted molar refractivity (Wildman–Crippen MR) is 197 cm³/mol. The van der Waals surface area contributed by atoms with Crippen LogP contribution in [0.15, 0.2) is 102 Å². The Labute approximate surface area is 308 Å². The maximum absolute atomic E-state index is 13.1. The number of ether oxygens (including phenoxy) is 3. The van der Waals surface area contributed by atoms with Gasteiger partial charge in [-0.25, -0.2) is 4.79 Å². The molecule has 274 valence electrons. The van der Waals surface area contributed by atoms with Crippen LogP contribution < -0.4 is 16.7 Å². The average Bonchev–Trinajstić information content (AvgIpc) is 3.52. The van der Waals surface area contributed by atoms with Gasteiger partial charge in [0, 0.05) is 17.4 Å². The molecule has 14 heteroatoms. The molecule has 0 spiro atoms. The molecule has 9 nitrogen and oxygen atoms in total. The number of nitrogens with one attached hydrogen (secondary N) is 1. The van der Waals surface area contributed by atoms with E-state index >= 15 is 0 Å². The molecular formula is C38H39F3N4O5S2. The summed E-state index contributed by atoms with van der Waals surface area (Å²) in [4.78, 5) is 28.2. The van der Waals surface area contributed by atoms with Crippen molar-refractivity contribution in [3.63, 3.8) is 0 Å². The number of benzene rings is 3. The number of anilines is 1. The molecule has 1 saturated heterocycles. The van der Waals surface area contributed by atoms with E-state index < -0.39 is 48.4 Å². The van der Waals surface area contributed by atoms with E-state index in [-0.39, 0.29) is 29.2 Å². The van der Waals surface area contributed by atoms with Crippen LogP contribution >= 0.6 is 21.6 Å². The van der Waals surface area contributed by atoms with Crippen LogP contribution in [0.3, 0.4) is 0 Å². The van der Waals surface area contributed by atoms with Gasteiger partial charge >= 0.3 is 17.8 Å². The van der Waals surface area contributed by atoms with Crippen LogP contribution in [-0.4, -0.2) is 57.7 Å². The summed E-state index contributed by atoms with van der Waals surface area (Å²) in [6.07, 6.45) is -5.44. The summed E-state index contributed by atoms with van der Waals surface area (Å²) in [5, 5.41) is 1.67. The van der Waals surface area contributed by atoms with Crippen LogP contribution in [0.5, 0.6) is 0 Å². The van der Waals surface area contributed by atoms with Crippen LogP contribution in [0.1, 0.15) is 55.7 Å². The minimum atomic E-state index is -5.04. The third kappa shape index (κ3) is 9.78. The number of hydrogen-bond acceptors (Lipinski definition) is 9. The van der Waals surface area contributed by atoms with Gasteiger partial charge in [-0.05, 0) is 16.7 Å². The minimum absolute atomic E-state index is 0.00183. The van der Waals surface area contributed by atoms with Gasteiger partial charge < -0.3 is 25.3 Å². The number of amides is 1. The molecule has 1 aliphatic rings. The number of carbonyl (C=O) groups excluding carboxylic acids is 1. The zero-order valence-electron chi connectivity index (χ0n) is 28.8. The lowest BCUT2D eigenvalue weighted by Gasteiger charge is -2.37. The molecule has 0 bridgehead atoms. The zero-order chi connectivity index (χ0) is 37.4. The maximum Gasteiger partial charge on any atom is 0.471 e. The molecule has 3 aromatic carbocycles. The monoisotopic (exact) mass is 752 g/mol. The topological polar surface area (TPSA) is 118 Å². The molecule has 0 unspecified atom stereocenters. The molecule has 1 aliphatic heterocycles. The number of aromatic nitrogens is 2. The van der Waals surface area contributed by atoms with Gasteiger partial charge in [0.1, 0.15) is 29.7 Å². The maximum atomic E-state index is 13.1. The largest absolute Gasteiger partial charge is 0.471 e. The third-order valence-corrected chi connectivity index (χ3v) is 10.9. The summed E-state index contributed by atoms with van der Waals surface area (Å²) in [7, 11) is 3.24. The standard InChI is InChI=1S/C38H39F3N4O5S2/c1-36(2,3)52-51-25-48-30-22-32(45-23-26(33(42)44-35(45)47)14-13-21-43-34(46)38(39,40)41)50-31(30)24-49-37(27-15-7-4-8-16-27,28-17-9-5-10-18-28)29-19-11-6-12-20-29/h4-12,15-20,23,30-32H,21-22,24-25H2,1-3H3,(H,43,46)(H2,42,44,47)/t30-,31+,32+/m0/s1. The Balaban J connectivity index is 1.45. The molecule has 0 aliphatic carbocycles. The number of nitrogens with two attached hydrogens (primary N) is 1. The molecule has 3 N–H and O–H groups in total.